The summed E-state index contributed by atoms with van der Waals surface area (Å²) >= 11 is 1.25. The molecule has 2 aliphatic heterocycles. The molecule has 0 unspecified atom stereocenters. The van der Waals surface area contributed by atoms with E-state index in [-0.39, 0.29) is 17.5 Å². The summed E-state index contributed by atoms with van der Waals surface area (Å²) in [7, 11) is 0. The van der Waals surface area contributed by atoms with Crippen LogP contribution in [0, 0.1) is 10.1 Å². The van der Waals surface area contributed by atoms with Gasteiger partial charge in [-0.05, 0) is 24.8 Å². The number of anilines is 1. The van der Waals surface area contributed by atoms with Crippen molar-refractivity contribution in [1.82, 2.24) is 10.3 Å². The average Bonchev–Trinajstić information content (AvgIpc) is 2.81. The van der Waals surface area contributed by atoms with Crippen LogP contribution in [0.3, 0.4) is 0 Å². The van der Waals surface area contributed by atoms with Crippen molar-refractivity contribution in [2.75, 3.05) is 17.8 Å². The summed E-state index contributed by atoms with van der Waals surface area (Å²) in [6.07, 6.45) is 1.57. The van der Waals surface area contributed by atoms with Gasteiger partial charge in [0.15, 0.2) is 17.4 Å². The summed E-state index contributed by atoms with van der Waals surface area (Å²) in [4.78, 5) is 38.7. The number of hydrogen-bond acceptors (Lipinski definition) is 8. The fourth-order valence-electron chi connectivity index (χ4n) is 4.06. The molecular formula is C22H23N5O5S. The first kappa shape index (κ1) is 22.6. The van der Waals surface area contributed by atoms with Crippen LogP contribution in [0.2, 0.25) is 0 Å². The van der Waals surface area contributed by atoms with Crippen molar-refractivity contribution in [2.45, 2.75) is 32.5 Å². The quantitative estimate of drug-likeness (QED) is 0.526. The second kappa shape index (κ2) is 9.10. The standard InChI is InChI=1S/C22H23N5O5S/c1-4-11-32-18-10-9-14(27(30)31)12-16(18)21-25(13(2)28)17-8-6-5-7-15(17)19-20(29)23-22(33-3)24-26(19)21/h5-10,12,19,21H,4,11H2,1-3H3,(H,23,24,29)/t19-,21+/m0/s1. The largest absolute Gasteiger partial charge is 0.493 e. The molecule has 0 bridgehead atoms. The highest BCUT2D eigenvalue weighted by molar-refractivity contribution is 8.13. The predicted octanol–water partition coefficient (Wildman–Crippen LogP) is 3.56. The molecule has 1 N–H and O–H groups in total. The van der Waals surface area contributed by atoms with E-state index in [0.717, 1.165) is 6.42 Å². The molecule has 4 rings (SSSR count). The molecule has 0 radical (unpaired) electrons. The Labute approximate surface area is 194 Å². The van der Waals surface area contributed by atoms with E-state index in [9.17, 15) is 19.7 Å². The van der Waals surface area contributed by atoms with E-state index in [1.165, 1.54) is 46.8 Å². The van der Waals surface area contributed by atoms with Crippen molar-refractivity contribution in [2.24, 2.45) is 5.10 Å². The van der Waals surface area contributed by atoms with Crippen molar-refractivity contribution >= 4 is 40.1 Å². The maximum atomic E-state index is 13.2. The third-order valence-corrected chi connectivity index (χ3v) is 5.98. The average molecular weight is 470 g/mol. The van der Waals surface area contributed by atoms with Gasteiger partial charge in [0.1, 0.15) is 5.75 Å². The Morgan fingerprint density at radius 2 is 2.03 bits per heavy atom. The van der Waals surface area contributed by atoms with E-state index in [4.69, 9.17) is 4.74 Å². The van der Waals surface area contributed by atoms with Crippen molar-refractivity contribution in [1.29, 1.82) is 0 Å². The zero-order chi connectivity index (χ0) is 23.7. The number of benzene rings is 2. The number of hydrazone groups is 1. The molecule has 0 saturated carbocycles. The molecule has 0 spiro atoms. The molecule has 0 fully saturated rings. The molecule has 2 atom stereocenters. The zero-order valence-corrected chi connectivity index (χ0v) is 19.2. The van der Waals surface area contributed by atoms with Crippen LogP contribution in [-0.4, -0.2) is 39.8 Å². The van der Waals surface area contributed by atoms with E-state index in [1.54, 1.807) is 30.5 Å². The minimum Gasteiger partial charge on any atom is -0.493 e. The molecular weight excluding hydrogens is 446 g/mol. The third-order valence-electron chi connectivity index (χ3n) is 5.41. The van der Waals surface area contributed by atoms with E-state index < -0.39 is 17.1 Å². The molecule has 2 heterocycles. The lowest BCUT2D eigenvalue weighted by atomic mass is 9.94. The van der Waals surface area contributed by atoms with E-state index in [2.05, 4.69) is 10.4 Å². The van der Waals surface area contributed by atoms with Gasteiger partial charge in [-0.2, -0.15) is 0 Å². The first-order valence-electron chi connectivity index (χ1n) is 10.4. The monoisotopic (exact) mass is 469 g/mol. The van der Waals surface area contributed by atoms with Crippen molar-refractivity contribution in [3.63, 3.8) is 0 Å². The van der Waals surface area contributed by atoms with Gasteiger partial charge >= 0.3 is 0 Å². The Morgan fingerprint density at radius 3 is 2.70 bits per heavy atom. The number of non-ortho nitro benzene ring substituents is 1. The molecule has 11 heteroatoms. The van der Waals surface area contributed by atoms with Crippen molar-refractivity contribution < 1.29 is 19.2 Å². The molecule has 0 saturated heterocycles. The van der Waals surface area contributed by atoms with Crippen LogP contribution in [0.25, 0.3) is 0 Å². The number of carbonyl (C=O) groups excluding carboxylic acids is 2. The summed E-state index contributed by atoms with van der Waals surface area (Å²) in [5.74, 6) is -0.203. The van der Waals surface area contributed by atoms with Gasteiger partial charge in [-0.15, -0.1) is 5.10 Å². The van der Waals surface area contributed by atoms with Crippen molar-refractivity contribution in [3.8, 4) is 5.75 Å². The molecule has 2 amide bonds. The Bertz CT molecular complexity index is 1150. The molecule has 0 aliphatic carbocycles. The first-order chi connectivity index (χ1) is 15.9. The van der Waals surface area contributed by atoms with Crippen molar-refractivity contribution in [3.05, 3.63) is 63.7 Å². The molecule has 2 aromatic rings. The maximum Gasteiger partial charge on any atom is 0.270 e. The predicted molar refractivity (Wildman–Crippen MR) is 125 cm³/mol. The lowest BCUT2D eigenvalue weighted by Gasteiger charge is -2.48. The number of fused-ring (bicyclic) bond motifs is 3. The summed E-state index contributed by atoms with van der Waals surface area (Å²) in [6.45, 7) is 3.75. The number of nitrogens with zero attached hydrogens (tertiary/aromatic N) is 4. The lowest BCUT2D eigenvalue weighted by Crippen LogP contribution is -2.55. The number of amidine groups is 1. The number of nitro benzene ring substituents is 1. The van der Waals surface area contributed by atoms with Gasteiger partial charge in [0.25, 0.3) is 11.6 Å². The van der Waals surface area contributed by atoms with Crippen LogP contribution in [-0.2, 0) is 9.59 Å². The van der Waals surface area contributed by atoms with Crippen LogP contribution in [0.5, 0.6) is 5.75 Å². The Morgan fingerprint density at radius 1 is 1.27 bits per heavy atom. The maximum absolute atomic E-state index is 13.2. The minimum atomic E-state index is -0.928. The number of nitrogens with one attached hydrogen (secondary N) is 1. The number of rotatable bonds is 5. The van der Waals surface area contributed by atoms with Gasteiger partial charge in [0.05, 0.1) is 17.2 Å². The first-order valence-corrected chi connectivity index (χ1v) is 11.6. The Hall–Kier alpha value is -3.60. The number of thioether (sulfide) groups is 1. The second-order valence-electron chi connectivity index (χ2n) is 7.53. The number of nitro groups is 1. The van der Waals surface area contributed by atoms with Crippen LogP contribution in [0.15, 0.2) is 47.6 Å². The molecule has 0 aromatic heterocycles. The topological polar surface area (TPSA) is 117 Å². The van der Waals surface area contributed by atoms with E-state index >= 15 is 0 Å². The molecule has 10 nitrogen and oxygen atoms in total. The highest BCUT2D eigenvalue weighted by atomic mass is 32.2. The number of ether oxygens (including phenoxy) is 1. The third kappa shape index (κ3) is 3.99. The number of amides is 2. The summed E-state index contributed by atoms with van der Waals surface area (Å²) < 4.78 is 5.91. The van der Waals surface area contributed by atoms with Crippen LogP contribution in [0.1, 0.15) is 43.6 Å². The number of hydrogen-bond donors (Lipinski definition) is 1. The minimum absolute atomic E-state index is 0.150. The Kier molecular flexibility index (Phi) is 6.23. The van der Waals surface area contributed by atoms with Gasteiger partial charge in [-0.1, -0.05) is 36.9 Å². The normalized spacial score (nSPS) is 19.2. The fourth-order valence-corrected chi connectivity index (χ4v) is 4.44. The SMILES string of the molecule is CCCOc1ccc([N+](=O)[O-])cc1[C@@H]1N(C(C)=O)c2ccccc2[C@H]2C(=O)NC(SC)=NN21. The van der Waals surface area contributed by atoms with E-state index in [0.29, 0.717) is 34.3 Å². The summed E-state index contributed by atoms with van der Waals surface area (Å²) in [6, 6.07) is 10.6. The fraction of sp³-hybridized carbons (Fsp3) is 0.318. The van der Waals surface area contributed by atoms with Gasteiger partial charge in [0, 0.05) is 30.2 Å². The van der Waals surface area contributed by atoms with Crippen LogP contribution >= 0.6 is 11.8 Å². The number of carbonyl (C=O) groups is 2. The van der Waals surface area contributed by atoms with Crippen LogP contribution in [0.4, 0.5) is 11.4 Å². The molecule has 2 aliphatic rings. The summed E-state index contributed by atoms with van der Waals surface area (Å²) in [5.41, 5.74) is 1.39. The van der Waals surface area contributed by atoms with Gasteiger partial charge in [0.2, 0.25) is 5.91 Å². The lowest BCUT2D eigenvalue weighted by molar-refractivity contribution is -0.385. The van der Waals surface area contributed by atoms with Gasteiger partial charge in [-0.3, -0.25) is 29.6 Å². The molecule has 33 heavy (non-hydrogen) atoms. The zero-order valence-electron chi connectivity index (χ0n) is 18.3. The molecule has 172 valence electrons. The van der Waals surface area contributed by atoms with Gasteiger partial charge < -0.3 is 10.1 Å². The Balaban J connectivity index is 2.01. The number of para-hydroxylation sites is 1. The summed E-state index contributed by atoms with van der Waals surface area (Å²) in [5, 5.41) is 20.9. The molecule has 2 aromatic carbocycles. The highest BCUT2D eigenvalue weighted by Crippen LogP contribution is 2.48. The van der Waals surface area contributed by atoms with E-state index in [1.807, 2.05) is 6.92 Å². The highest BCUT2D eigenvalue weighted by Gasteiger charge is 2.47. The second-order valence-corrected chi connectivity index (χ2v) is 8.33. The smallest absolute Gasteiger partial charge is 0.270 e. The van der Waals surface area contributed by atoms with Crippen LogP contribution < -0.4 is 15.0 Å². The van der Waals surface area contributed by atoms with Gasteiger partial charge in [-0.25, -0.2) is 0 Å².